The fraction of sp³-hybridized carbons (Fsp3) is 0.357. The fourth-order valence-electron chi connectivity index (χ4n) is 1.96. The van der Waals surface area contributed by atoms with E-state index in [-0.39, 0.29) is 53.0 Å². The molecule has 19 heavy (non-hydrogen) atoms. The van der Waals surface area contributed by atoms with E-state index in [1.54, 1.807) is 13.5 Å². The number of nitrogens with zero attached hydrogens (tertiary/aromatic N) is 2. The molecule has 1 atom stereocenters. The summed E-state index contributed by atoms with van der Waals surface area (Å²) < 4.78 is 5.38. The Kier molecular flexibility index (Phi) is 7.29. The maximum absolute atomic E-state index is 8.87. The normalized spacial score (nSPS) is 22.1. The van der Waals surface area contributed by atoms with Crippen LogP contribution in [0.5, 0.6) is 0 Å². The summed E-state index contributed by atoms with van der Waals surface area (Å²) in [5.74, 6) is 0. The van der Waals surface area contributed by atoms with Crippen LogP contribution in [0.15, 0.2) is 34.4 Å². The van der Waals surface area contributed by atoms with E-state index in [1.807, 2.05) is 31.2 Å². The van der Waals surface area contributed by atoms with E-state index in [0.29, 0.717) is 5.71 Å². The zero-order valence-corrected chi connectivity index (χ0v) is 12.6. The third-order valence-electron chi connectivity index (χ3n) is 2.89. The van der Waals surface area contributed by atoms with E-state index in [2.05, 4.69) is 10.1 Å². The Morgan fingerprint density at radius 3 is 2.84 bits per heavy atom. The summed E-state index contributed by atoms with van der Waals surface area (Å²) in [5, 5.41) is 12.1. The number of aliphatic imine (C=N–C) groups is 1. The van der Waals surface area contributed by atoms with Crippen molar-refractivity contribution in [1.82, 2.24) is 0 Å². The van der Waals surface area contributed by atoms with Gasteiger partial charge < -0.3 is 9.94 Å². The summed E-state index contributed by atoms with van der Waals surface area (Å²) >= 11 is 0. The molecule has 1 saturated heterocycles. The van der Waals surface area contributed by atoms with E-state index < -0.39 is 0 Å². The Bertz CT molecular complexity index is 486. The zero-order valence-electron chi connectivity index (χ0n) is 10.9. The molecular weight excluding hydrogens is 401 g/mol. The van der Waals surface area contributed by atoms with Crippen LogP contribution in [0.25, 0.3) is 0 Å². The van der Waals surface area contributed by atoms with Gasteiger partial charge in [-0.05, 0) is 25.6 Å². The third-order valence-corrected chi connectivity index (χ3v) is 2.89. The maximum Gasteiger partial charge on any atom is 0.0858 e. The molecule has 5 heteroatoms. The minimum atomic E-state index is 0. The minimum Gasteiger partial charge on any atom is -0.549 e. The first-order valence-corrected chi connectivity index (χ1v) is 6.02. The molecule has 0 spiro atoms. The average molecular weight is 418 g/mol. The standard InChI is InChI=1S/C14H17N2O2.Yb/c1-10-9-12(7-8-18-10)15-14-6-4-3-5-13(14)11(2)16-17;/h3-6,8,10,17H,7,9H2,1-2H3;/q-1;/b15-12?,16-11+;. The van der Waals surface area contributed by atoms with Crippen molar-refractivity contribution in [3.63, 3.8) is 0 Å². The van der Waals surface area contributed by atoms with Gasteiger partial charge in [0.15, 0.2) is 0 Å². The minimum absolute atomic E-state index is 0. The molecule has 1 N–H and O–H groups in total. The van der Waals surface area contributed by atoms with Crippen molar-refractivity contribution >= 4 is 17.1 Å². The first-order valence-electron chi connectivity index (χ1n) is 6.02. The molecular formula is C14H17N2O2Yb-. The number of ether oxygens (including phenoxy) is 1. The smallest absolute Gasteiger partial charge is 0.0858 e. The second-order valence-electron chi connectivity index (χ2n) is 4.40. The summed E-state index contributed by atoms with van der Waals surface area (Å²) in [7, 11) is 0. The van der Waals surface area contributed by atoms with Crippen LogP contribution in [0.3, 0.4) is 0 Å². The monoisotopic (exact) mass is 419 g/mol. The van der Waals surface area contributed by atoms with Gasteiger partial charge in [-0.1, -0.05) is 23.4 Å². The summed E-state index contributed by atoms with van der Waals surface area (Å²) in [6.45, 7) is 5.58. The molecule has 0 amide bonds. The van der Waals surface area contributed by atoms with Crippen LogP contribution in [0.1, 0.15) is 32.3 Å². The second kappa shape index (κ2) is 8.20. The molecule has 0 aliphatic carbocycles. The molecule has 1 aromatic rings. The number of rotatable bonds is 2. The summed E-state index contributed by atoms with van der Waals surface area (Å²) in [5.41, 5.74) is 3.35. The predicted octanol–water partition coefficient (Wildman–Crippen LogP) is 3.32. The number of hydrogen-bond acceptors (Lipinski definition) is 4. The number of para-hydroxylation sites is 1. The Morgan fingerprint density at radius 2 is 2.16 bits per heavy atom. The maximum atomic E-state index is 8.87. The molecule has 1 unspecified atom stereocenters. The quantitative estimate of drug-likeness (QED) is 0.347. The van der Waals surface area contributed by atoms with Crippen molar-refractivity contribution in [1.29, 1.82) is 0 Å². The van der Waals surface area contributed by atoms with Gasteiger partial charge in [-0.25, -0.2) is 6.61 Å². The van der Waals surface area contributed by atoms with Gasteiger partial charge in [0.25, 0.3) is 0 Å². The molecule has 110 valence electrons. The van der Waals surface area contributed by atoms with E-state index in [9.17, 15) is 0 Å². The van der Waals surface area contributed by atoms with Crippen LogP contribution < -0.4 is 0 Å². The topological polar surface area (TPSA) is 54.2 Å². The number of benzene rings is 1. The molecule has 1 heterocycles. The summed E-state index contributed by atoms with van der Waals surface area (Å²) in [6, 6.07) is 7.67. The SMILES string of the molecule is C/C(=N\O)c1ccccc1N=C1C[CH-]OC(C)C1.[Yb]. The molecule has 2 rings (SSSR count). The molecule has 0 saturated carbocycles. The summed E-state index contributed by atoms with van der Waals surface area (Å²) in [6.07, 6.45) is 1.76. The predicted molar refractivity (Wildman–Crippen MR) is 71.6 cm³/mol. The number of oxime groups is 1. The van der Waals surface area contributed by atoms with Crippen LogP contribution in [-0.2, 0) is 4.74 Å². The zero-order chi connectivity index (χ0) is 13.0. The Labute approximate surface area is 152 Å². The first-order chi connectivity index (χ1) is 8.70. The van der Waals surface area contributed by atoms with Gasteiger partial charge in [0, 0.05) is 65.0 Å². The molecule has 1 fully saturated rings. The molecule has 0 radical (unpaired) electrons. The third kappa shape index (κ3) is 4.71. The van der Waals surface area contributed by atoms with Crippen LogP contribution in [0.4, 0.5) is 5.69 Å². The Balaban J connectivity index is 0.00000180. The molecule has 0 aromatic heterocycles. The van der Waals surface area contributed by atoms with Gasteiger partial charge in [-0.2, -0.15) is 0 Å². The Morgan fingerprint density at radius 1 is 1.42 bits per heavy atom. The molecule has 1 aliphatic heterocycles. The van der Waals surface area contributed by atoms with Crippen molar-refractivity contribution in [2.45, 2.75) is 32.8 Å². The van der Waals surface area contributed by atoms with E-state index in [1.165, 1.54) is 0 Å². The van der Waals surface area contributed by atoms with Crippen LogP contribution >= 0.6 is 0 Å². The van der Waals surface area contributed by atoms with Gasteiger partial charge in [-0.15, -0.1) is 6.42 Å². The van der Waals surface area contributed by atoms with Gasteiger partial charge in [-0.3, -0.25) is 4.99 Å². The van der Waals surface area contributed by atoms with E-state index in [0.717, 1.165) is 29.8 Å². The number of hydrogen-bond donors (Lipinski definition) is 1. The van der Waals surface area contributed by atoms with Crippen LogP contribution in [0, 0.1) is 53.5 Å². The van der Waals surface area contributed by atoms with Gasteiger partial charge in [0.2, 0.25) is 0 Å². The van der Waals surface area contributed by atoms with Gasteiger partial charge in [0.1, 0.15) is 0 Å². The van der Waals surface area contributed by atoms with Crippen molar-refractivity contribution in [3.8, 4) is 0 Å². The van der Waals surface area contributed by atoms with Crippen LogP contribution in [-0.4, -0.2) is 22.7 Å². The molecule has 0 bridgehead atoms. The Hall–Kier alpha value is -0.161. The molecule has 1 aliphatic rings. The van der Waals surface area contributed by atoms with Crippen molar-refractivity contribution in [3.05, 3.63) is 36.4 Å². The second-order valence-corrected chi connectivity index (χ2v) is 4.40. The van der Waals surface area contributed by atoms with E-state index in [4.69, 9.17) is 9.94 Å². The fourth-order valence-corrected chi connectivity index (χ4v) is 1.96. The first kappa shape index (κ1) is 16.9. The van der Waals surface area contributed by atoms with Gasteiger partial charge in [0.05, 0.1) is 11.4 Å². The summed E-state index contributed by atoms with van der Waals surface area (Å²) in [4.78, 5) is 4.65. The average Bonchev–Trinajstić information content (AvgIpc) is 2.38. The van der Waals surface area contributed by atoms with Crippen LogP contribution in [0.2, 0.25) is 0 Å². The van der Waals surface area contributed by atoms with Crippen molar-refractivity contribution in [2.75, 3.05) is 0 Å². The molecule has 4 nitrogen and oxygen atoms in total. The van der Waals surface area contributed by atoms with Crippen molar-refractivity contribution < 1.29 is 56.9 Å². The largest absolute Gasteiger partial charge is 0.549 e. The van der Waals surface area contributed by atoms with Crippen molar-refractivity contribution in [2.24, 2.45) is 10.1 Å². The van der Waals surface area contributed by atoms with E-state index >= 15 is 0 Å². The molecule has 1 aromatic carbocycles. The van der Waals surface area contributed by atoms with Gasteiger partial charge >= 0.3 is 0 Å².